The number of aromatic nitrogens is 4. The van der Waals surface area contributed by atoms with Crippen LogP contribution in [0.25, 0.3) is 16.6 Å². The Labute approximate surface area is 179 Å². The molecule has 4 aromatic rings. The Bertz CT molecular complexity index is 1170. The third-order valence-electron chi connectivity index (χ3n) is 5.46. The number of anilines is 1. The quantitative estimate of drug-likeness (QED) is 0.463. The second-order valence-electron chi connectivity index (χ2n) is 7.65. The van der Waals surface area contributed by atoms with Crippen molar-refractivity contribution in [2.75, 3.05) is 24.5 Å². The first-order chi connectivity index (χ1) is 14.6. The highest BCUT2D eigenvalue weighted by Crippen LogP contribution is 2.30. The second-order valence-corrected chi connectivity index (χ2v) is 8.82. The number of halogens is 1. The summed E-state index contributed by atoms with van der Waals surface area (Å²) in [5.41, 5.74) is 3.08. The van der Waals surface area contributed by atoms with Crippen LogP contribution >= 0.6 is 11.9 Å². The van der Waals surface area contributed by atoms with Crippen LogP contribution < -0.4 is 4.90 Å². The van der Waals surface area contributed by atoms with Crippen molar-refractivity contribution in [2.45, 2.75) is 17.9 Å². The molecule has 0 spiro atoms. The molecular weight excluding hydrogens is 399 g/mol. The zero-order chi connectivity index (χ0) is 20.7. The maximum absolute atomic E-state index is 13.2. The molecule has 0 radical (unpaired) electrons. The van der Waals surface area contributed by atoms with E-state index in [9.17, 15) is 4.39 Å². The maximum Gasteiger partial charge on any atom is 0.123 e. The van der Waals surface area contributed by atoms with E-state index in [1.54, 1.807) is 24.1 Å². The van der Waals surface area contributed by atoms with Gasteiger partial charge in [0.25, 0.3) is 0 Å². The first-order valence-electron chi connectivity index (χ1n) is 9.99. The van der Waals surface area contributed by atoms with Crippen molar-refractivity contribution in [3.63, 3.8) is 0 Å². The van der Waals surface area contributed by atoms with Gasteiger partial charge in [-0.15, -0.1) is 0 Å². The van der Waals surface area contributed by atoms with Gasteiger partial charge in [-0.2, -0.15) is 10.2 Å². The standard InChI is InChI=1S/C22H23FN6S/c1-16-14-27(30-21-13-24-26(2)15-21)9-10-28(16)20-7-8-22-17(11-20)12-25-29(22)19-5-3-18(23)4-6-19/h3-8,11-13,15-16H,9-10,14H2,1-2H3/t16-/m1/s1. The molecule has 1 saturated heterocycles. The number of piperazine rings is 1. The third-order valence-corrected chi connectivity index (χ3v) is 6.47. The van der Waals surface area contributed by atoms with Crippen molar-refractivity contribution in [3.05, 3.63) is 66.9 Å². The van der Waals surface area contributed by atoms with Crippen LogP contribution in [0.4, 0.5) is 10.1 Å². The third kappa shape index (κ3) is 3.68. The molecule has 8 heteroatoms. The molecule has 5 rings (SSSR count). The Morgan fingerprint density at radius 2 is 1.80 bits per heavy atom. The van der Waals surface area contributed by atoms with Gasteiger partial charge in [-0.1, -0.05) is 0 Å². The average Bonchev–Trinajstić information content (AvgIpc) is 3.34. The highest BCUT2D eigenvalue weighted by Gasteiger charge is 2.25. The number of benzene rings is 2. The smallest absolute Gasteiger partial charge is 0.123 e. The fourth-order valence-corrected chi connectivity index (χ4v) is 5.03. The van der Waals surface area contributed by atoms with E-state index in [0.717, 1.165) is 36.2 Å². The minimum Gasteiger partial charge on any atom is -0.366 e. The van der Waals surface area contributed by atoms with Gasteiger partial charge in [0.05, 0.1) is 28.5 Å². The van der Waals surface area contributed by atoms with E-state index in [1.165, 1.54) is 22.7 Å². The van der Waals surface area contributed by atoms with Gasteiger partial charge in [0.2, 0.25) is 0 Å². The predicted octanol–water partition coefficient (Wildman–Crippen LogP) is 4.12. The molecule has 30 heavy (non-hydrogen) atoms. The summed E-state index contributed by atoms with van der Waals surface area (Å²) in [6.07, 6.45) is 5.84. The molecule has 6 nitrogen and oxygen atoms in total. The largest absolute Gasteiger partial charge is 0.366 e. The maximum atomic E-state index is 13.2. The van der Waals surface area contributed by atoms with Crippen molar-refractivity contribution in [1.29, 1.82) is 0 Å². The molecule has 0 saturated carbocycles. The molecule has 0 aliphatic carbocycles. The summed E-state index contributed by atoms with van der Waals surface area (Å²) in [5.74, 6) is -0.243. The number of fused-ring (bicyclic) bond motifs is 1. The van der Waals surface area contributed by atoms with Crippen molar-refractivity contribution in [1.82, 2.24) is 23.9 Å². The van der Waals surface area contributed by atoms with Crippen LogP contribution in [0.15, 0.2) is 66.0 Å². The lowest BCUT2D eigenvalue weighted by molar-refractivity contribution is 0.374. The van der Waals surface area contributed by atoms with Gasteiger partial charge in [-0.3, -0.25) is 4.68 Å². The summed E-state index contributed by atoms with van der Waals surface area (Å²) in [6.45, 7) is 5.19. The summed E-state index contributed by atoms with van der Waals surface area (Å²) in [7, 11) is 1.94. The van der Waals surface area contributed by atoms with Gasteiger partial charge >= 0.3 is 0 Å². The molecule has 0 N–H and O–H groups in total. The summed E-state index contributed by atoms with van der Waals surface area (Å²) in [4.78, 5) is 3.63. The fraction of sp³-hybridized carbons (Fsp3) is 0.273. The van der Waals surface area contributed by atoms with Crippen LogP contribution in [0.3, 0.4) is 0 Å². The Morgan fingerprint density at radius 1 is 1.00 bits per heavy atom. The van der Waals surface area contributed by atoms with Crippen LogP contribution in [0, 0.1) is 5.82 Å². The Morgan fingerprint density at radius 3 is 2.53 bits per heavy atom. The molecule has 1 aliphatic rings. The van der Waals surface area contributed by atoms with Crippen LogP contribution in [0.5, 0.6) is 0 Å². The van der Waals surface area contributed by atoms with Crippen molar-refractivity contribution in [2.24, 2.45) is 7.05 Å². The van der Waals surface area contributed by atoms with Crippen LogP contribution in [-0.2, 0) is 7.05 Å². The van der Waals surface area contributed by atoms with E-state index >= 15 is 0 Å². The van der Waals surface area contributed by atoms with Gasteiger partial charge in [0.15, 0.2) is 0 Å². The average molecular weight is 423 g/mol. The summed E-state index contributed by atoms with van der Waals surface area (Å²) in [5, 5.41) is 9.85. The zero-order valence-corrected chi connectivity index (χ0v) is 17.8. The number of hydrogen-bond donors (Lipinski definition) is 0. The first-order valence-corrected chi connectivity index (χ1v) is 10.8. The predicted molar refractivity (Wildman–Crippen MR) is 118 cm³/mol. The minimum atomic E-state index is -0.243. The van der Waals surface area contributed by atoms with E-state index in [0.29, 0.717) is 6.04 Å². The lowest BCUT2D eigenvalue weighted by Crippen LogP contribution is -2.49. The topological polar surface area (TPSA) is 42.1 Å². The number of hydrogen-bond acceptors (Lipinski definition) is 5. The molecule has 1 fully saturated rings. The Hall–Kier alpha value is -2.84. The number of rotatable bonds is 4. The fourth-order valence-electron chi connectivity index (χ4n) is 3.97. The van der Waals surface area contributed by atoms with E-state index < -0.39 is 0 Å². The van der Waals surface area contributed by atoms with Gasteiger partial charge in [0.1, 0.15) is 5.82 Å². The number of aryl methyl sites for hydroxylation is 1. The molecule has 3 heterocycles. The summed E-state index contributed by atoms with van der Waals surface area (Å²) < 4.78 is 19.3. The zero-order valence-electron chi connectivity index (χ0n) is 16.9. The molecule has 0 unspecified atom stereocenters. The molecule has 154 valence electrons. The highest BCUT2D eigenvalue weighted by atomic mass is 32.2. The van der Waals surface area contributed by atoms with Gasteiger partial charge in [-0.05, 0) is 61.3 Å². The van der Waals surface area contributed by atoms with Gasteiger partial charge in [-0.25, -0.2) is 13.4 Å². The lowest BCUT2D eigenvalue weighted by Gasteiger charge is -2.40. The molecule has 2 aromatic carbocycles. The lowest BCUT2D eigenvalue weighted by atomic mass is 10.1. The highest BCUT2D eigenvalue weighted by molar-refractivity contribution is 7.97. The summed E-state index contributed by atoms with van der Waals surface area (Å²) >= 11 is 1.77. The van der Waals surface area contributed by atoms with Gasteiger partial charge in [0, 0.05) is 50.0 Å². The SMILES string of the molecule is C[C@@H]1CN(Sc2cnn(C)c2)CCN1c1ccc2c(cnn2-c2ccc(F)cc2)c1. The molecule has 0 bridgehead atoms. The minimum absolute atomic E-state index is 0.243. The van der Waals surface area contributed by atoms with E-state index in [-0.39, 0.29) is 5.82 Å². The van der Waals surface area contributed by atoms with Crippen molar-refractivity contribution >= 4 is 28.5 Å². The van der Waals surface area contributed by atoms with Crippen LogP contribution in [-0.4, -0.2) is 49.5 Å². The van der Waals surface area contributed by atoms with Crippen molar-refractivity contribution in [3.8, 4) is 5.69 Å². The molecular formula is C22H23FN6S. The monoisotopic (exact) mass is 422 g/mol. The second kappa shape index (κ2) is 7.77. The van der Waals surface area contributed by atoms with Crippen molar-refractivity contribution < 1.29 is 4.39 Å². The first kappa shape index (κ1) is 19.1. The number of nitrogens with zero attached hydrogens (tertiary/aromatic N) is 6. The Balaban J connectivity index is 1.33. The summed E-state index contributed by atoms with van der Waals surface area (Å²) in [6, 6.07) is 13.3. The van der Waals surface area contributed by atoms with E-state index in [1.807, 2.05) is 28.8 Å². The van der Waals surface area contributed by atoms with Crippen LogP contribution in [0.1, 0.15) is 6.92 Å². The van der Waals surface area contributed by atoms with Gasteiger partial charge < -0.3 is 4.90 Å². The van der Waals surface area contributed by atoms with E-state index in [4.69, 9.17) is 0 Å². The van der Waals surface area contributed by atoms with Crippen LogP contribution in [0.2, 0.25) is 0 Å². The molecule has 1 atom stereocenters. The molecule has 0 amide bonds. The normalized spacial score (nSPS) is 17.7. The Kier molecular flexibility index (Phi) is 4.96. The molecule has 2 aromatic heterocycles. The van der Waals surface area contributed by atoms with E-state index in [2.05, 4.69) is 50.7 Å². The molecule has 1 aliphatic heterocycles.